The highest BCUT2D eigenvalue weighted by atomic mass is 15.0. The number of amidine groups is 1. The molecule has 3 heteroatoms. The lowest BCUT2D eigenvalue weighted by Gasteiger charge is -2.02. The molecule has 0 bridgehead atoms. The van der Waals surface area contributed by atoms with E-state index in [1.54, 1.807) is 0 Å². The van der Waals surface area contributed by atoms with Gasteiger partial charge in [-0.25, -0.2) is 4.99 Å². The minimum atomic E-state index is -0.180. The average Bonchev–Trinajstić information content (AvgIpc) is 2.19. The van der Waals surface area contributed by atoms with Crippen molar-refractivity contribution in [2.75, 3.05) is 0 Å². The summed E-state index contributed by atoms with van der Waals surface area (Å²) in [4.78, 5) is 7.87. The first-order valence-electron chi connectivity index (χ1n) is 4.08. The SMILES string of the molecule is C=NC(C)/N=C(\N)c1ccccc1. The summed E-state index contributed by atoms with van der Waals surface area (Å²) in [7, 11) is 0. The number of benzene rings is 1. The number of nitrogens with two attached hydrogens (primary N) is 1. The van der Waals surface area contributed by atoms with Crippen LogP contribution in [-0.4, -0.2) is 18.7 Å². The summed E-state index contributed by atoms with van der Waals surface area (Å²) in [6, 6.07) is 9.60. The molecule has 2 N–H and O–H groups in total. The van der Waals surface area contributed by atoms with Crippen molar-refractivity contribution < 1.29 is 0 Å². The van der Waals surface area contributed by atoms with Gasteiger partial charge in [0, 0.05) is 5.56 Å². The van der Waals surface area contributed by atoms with Gasteiger partial charge in [-0.15, -0.1) is 0 Å². The van der Waals surface area contributed by atoms with Crippen molar-refractivity contribution in [1.82, 2.24) is 0 Å². The van der Waals surface area contributed by atoms with Crippen molar-refractivity contribution in [2.24, 2.45) is 15.7 Å². The molecule has 0 spiro atoms. The highest BCUT2D eigenvalue weighted by Gasteiger charge is 1.98. The van der Waals surface area contributed by atoms with Crippen LogP contribution >= 0.6 is 0 Å². The third-order valence-electron chi connectivity index (χ3n) is 1.66. The largest absolute Gasteiger partial charge is 0.383 e. The Bertz CT molecular complexity index is 303. The van der Waals surface area contributed by atoms with Gasteiger partial charge in [-0.05, 0) is 13.6 Å². The van der Waals surface area contributed by atoms with Crippen molar-refractivity contribution in [3.8, 4) is 0 Å². The Morgan fingerprint density at radius 2 is 2.00 bits per heavy atom. The van der Waals surface area contributed by atoms with E-state index < -0.39 is 0 Å². The van der Waals surface area contributed by atoms with E-state index in [0.717, 1.165) is 5.56 Å². The number of nitrogens with zero attached hydrogens (tertiary/aromatic N) is 2. The van der Waals surface area contributed by atoms with Gasteiger partial charge in [0.15, 0.2) is 0 Å². The number of hydrogen-bond acceptors (Lipinski definition) is 2. The number of hydrogen-bond donors (Lipinski definition) is 1. The Morgan fingerprint density at radius 1 is 1.38 bits per heavy atom. The fourth-order valence-corrected chi connectivity index (χ4v) is 0.926. The van der Waals surface area contributed by atoms with Crippen LogP contribution in [0.15, 0.2) is 40.3 Å². The summed E-state index contributed by atoms with van der Waals surface area (Å²) in [6.45, 7) is 5.23. The molecule has 0 aromatic heterocycles. The Hall–Kier alpha value is -1.64. The number of aliphatic imine (C=N–C) groups is 2. The van der Waals surface area contributed by atoms with Gasteiger partial charge in [0.1, 0.15) is 12.0 Å². The summed E-state index contributed by atoms with van der Waals surface area (Å²) in [5.74, 6) is 0.500. The zero-order valence-corrected chi connectivity index (χ0v) is 7.64. The van der Waals surface area contributed by atoms with Gasteiger partial charge in [-0.1, -0.05) is 30.3 Å². The molecule has 3 nitrogen and oxygen atoms in total. The first kappa shape index (κ1) is 9.45. The molecule has 0 aliphatic carbocycles. The molecule has 0 amide bonds. The maximum Gasteiger partial charge on any atom is 0.138 e. The van der Waals surface area contributed by atoms with E-state index in [9.17, 15) is 0 Å². The quantitative estimate of drug-likeness (QED) is 0.548. The molecule has 0 aliphatic rings. The molecule has 1 atom stereocenters. The highest BCUT2D eigenvalue weighted by molar-refractivity contribution is 5.97. The molecule has 1 rings (SSSR count). The molecule has 0 saturated heterocycles. The van der Waals surface area contributed by atoms with Crippen LogP contribution in [0.25, 0.3) is 0 Å². The molecular formula is C10H13N3. The topological polar surface area (TPSA) is 50.7 Å². The van der Waals surface area contributed by atoms with E-state index in [1.807, 2.05) is 37.3 Å². The maximum absolute atomic E-state index is 5.73. The first-order valence-corrected chi connectivity index (χ1v) is 4.08. The van der Waals surface area contributed by atoms with E-state index in [1.165, 1.54) is 0 Å². The zero-order chi connectivity index (χ0) is 9.68. The molecule has 0 heterocycles. The van der Waals surface area contributed by atoms with Gasteiger partial charge in [0.05, 0.1) is 0 Å². The first-order chi connectivity index (χ1) is 6.24. The van der Waals surface area contributed by atoms with Crippen LogP contribution in [0, 0.1) is 0 Å². The lowest BCUT2D eigenvalue weighted by molar-refractivity contribution is 0.800. The molecule has 1 unspecified atom stereocenters. The minimum absolute atomic E-state index is 0.180. The molecule has 0 aliphatic heterocycles. The van der Waals surface area contributed by atoms with Gasteiger partial charge in [-0.2, -0.15) is 0 Å². The van der Waals surface area contributed by atoms with Crippen LogP contribution in [0.3, 0.4) is 0 Å². The average molecular weight is 175 g/mol. The highest BCUT2D eigenvalue weighted by Crippen LogP contribution is 1.99. The summed E-state index contributed by atoms with van der Waals surface area (Å²) < 4.78 is 0. The van der Waals surface area contributed by atoms with Crippen molar-refractivity contribution in [3.05, 3.63) is 35.9 Å². The van der Waals surface area contributed by atoms with Gasteiger partial charge >= 0.3 is 0 Å². The standard InChI is InChI=1S/C10H13N3/c1-8(12-2)13-10(11)9-6-4-3-5-7-9/h3-8H,2H2,1H3,(H2,11,13). The molecule has 0 fully saturated rings. The molecule has 1 aromatic carbocycles. The molecule has 13 heavy (non-hydrogen) atoms. The Morgan fingerprint density at radius 3 is 2.54 bits per heavy atom. The molecule has 68 valence electrons. The second kappa shape index (κ2) is 4.40. The Balaban J connectivity index is 2.84. The Labute approximate surface area is 78.0 Å². The number of rotatable bonds is 3. The second-order valence-corrected chi connectivity index (χ2v) is 2.69. The summed E-state index contributed by atoms with van der Waals surface area (Å²) >= 11 is 0. The monoisotopic (exact) mass is 175 g/mol. The smallest absolute Gasteiger partial charge is 0.138 e. The summed E-state index contributed by atoms with van der Waals surface area (Å²) in [6.07, 6.45) is -0.180. The van der Waals surface area contributed by atoms with Crippen LogP contribution in [0.2, 0.25) is 0 Å². The van der Waals surface area contributed by atoms with E-state index in [4.69, 9.17) is 5.73 Å². The Kier molecular flexibility index (Phi) is 3.20. The van der Waals surface area contributed by atoms with E-state index in [2.05, 4.69) is 16.7 Å². The van der Waals surface area contributed by atoms with E-state index in [0.29, 0.717) is 5.84 Å². The van der Waals surface area contributed by atoms with Gasteiger partial charge < -0.3 is 5.73 Å². The van der Waals surface area contributed by atoms with Crippen molar-refractivity contribution in [3.63, 3.8) is 0 Å². The lowest BCUT2D eigenvalue weighted by atomic mass is 10.2. The normalized spacial score (nSPS) is 13.8. The fraction of sp³-hybridized carbons (Fsp3) is 0.200. The van der Waals surface area contributed by atoms with Crippen molar-refractivity contribution in [1.29, 1.82) is 0 Å². The lowest BCUT2D eigenvalue weighted by Crippen LogP contribution is -2.15. The van der Waals surface area contributed by atoms with Crippen LogP contribution in [-0.2, 0) is 0 Å². The third-order valence-corrected chi connectivity index (χ3v) is 1.66. The maximum atomic E-state index is 5.73. The van der Waals surface area contributed by atoms with Gasteiger partial charge in [-0.3, -0.25) is 4.99 Å². The summed E-state index contributed by atoms with van der Waals surface area (Å²) in [5, 5.41) is 0. The van der Waals surface area contributed by atoms with E-state index in [-0.39, 0.29) is 6.17 Å². The van der Waals surface area contributed by atoms with Crippen LogP contribution in [0.5, 0.6) is 0 Å². The predicted molar refractivity (Wildman–Crippen MR) is 56.2 cm³/mol. The van der Waals surface area contributed by atoms with Gasteiger partial charge in [0.2, 0.25) is 0 Å². The molecular weight excluding hydrogens is 162 g/mol. The zero-order valence-electron chi connectivity index (χ0n) is 7.64. The van der Waals surface area contributed by atoms with Crippen LogP contribution < -0.4 is 5.73 Å². The summed E-state index contributed by atoms with van der Waals surface area (Å²) in [5.41, 5.74) is 6.65. The predicted octanol–water partition coefficient (Wildman–Crippen LogP) is 1.44. The second-order valence-electron chi connectivity index (χ2n) is 2.69. The molecule has 0 radical (unpaired) electrons. The molecule has 1 aromatic rings. The van der Waals surface area contributed by atoms with Crippen LogP contribution in [0.1, 0.15) is 12.5 Å². The minimum Gasteiger partial charge on any atom is -0.383 e. The van der Waals surface area contributed by atoms with Crippen LogP contribution in [0.4, 0.5) is 0 Å². The molecule has 0 saturated carbocycles. The third kappa shape index (κ3) is 2.71. The van der Waals surface area contributed by atoms with Gasteiger partial charge in [0.25, 0.3) is 0 Å². The van der Waals surface area contributed by atoms with E-state index >= 15 is 0 Å². The fourth-order valence-electron chi connectivity index (χ4n) is 0.926. The van der Waals surface area contributed by atoms with Crippen molar-refractivity contribution in [2.45, 2.75) is 13.1 Å². The van der Waals surface area contributed by atoms with Crippen molar-refractivity contribution >= 4 is 12.6 Å².